The van der Waals surface area contributed by atoms with E-state index >= 15 is 0 Å². The molecule has 1 atom stereocenters. The van der Waals surface area contributed by atoms with Crippen LogP contribution in [0.25, 0.3) is 0 Å². The first-order chi connectivity index (χ1) is 8.27. The van der Waals surface area contributed by atoms with Gasteiger partial charge in [0, 0.05) is 19.3 Å². The number of para-hydroxylation sites is 1. The first-order valence-corrected chi connectivity index (χ1v) is 5.61. The second kappa shape index (κ2) is 5.10. The van der Waals surface area contributed by atoms with E-state index in [2.05, 4.69) is 0 Å². The van der Waals surface area contributed by atoms with Crippen LogP contribution in [0.1, 0.15) is 17.9 Å². The zero-order chi connectivity index (χ0) is 12.3. The maximum absolute atomic E-state index is 12.0. The van der Waals surface area contributed by atoms with Crippen molar-refractivity contribution in [3.8, 4) is 0 Å². The minimum absolute atomic E-state index is 0.00338. The predicted octanol–water partition coefficient (Wildman–Crippen LogP) is 1.35. The van der Waals surface area contributed by atoms with Gasteiger partial charge in [0.15, 0.2) is 0 Å². The van der Waals surface area contributed by atoms with Crippen molar-refractivity contribution < 1.29 is 14.3 Å². The molecular weight excluding hydrogens is 218 g/mol. The van der Waals surface area contributed by atoms with Gasteiger partial charge in [-0.15, -0.1) is 0 Å². The lowest BCUT2D eigenvalue weighted by Gasteiger charge is -2.17. The van der Waals surface area contributed by atoms with Gasteiger partial charge in [-0.25, -0.2) is 0 Å². The molecule has 1 aliphatic rings. The topological polar surface area (TPSA) is 46.6 Å². The first kappa shape index (κ1) is 11.8. The van der Waals surface area contributed by atoms with E-state index in [0.717, 1.165) is 17.5 Å². The molecule has 4 heteroatoms. The minimum atomic E-state index is -0.197. The normalized spacial score (nSPS) is 17.9. The summed E-state index contributed by atoms with van der Waals surface area (Å²) in [6.07, 6.45) is 1.25. The number of carbonyl (C=O) groups is 2. The Morgan fingerprint density at radius 3 is 3.00 bits per heavy atom. The molecule has 4 nitrogen and oxygen atoms in total. The van der Waals surface area contributed by atoms with Crippen LogP contribution >= 0.6 is 0 Å². The fourth-order valence-corrected chi connectivity index (χ4v) is 2.12. The number of fused-ring (bicyclic) bond motifs is 1. The van der Waals surface area contributed by atoms with Crippen molar-refractivity contribution in [1.29, 1.82) is 0 Å². The molecule has 2 rings (SSSR count). The van der Waals surface area contributed by atoms with Crippen molar-refractivity contribution in [2.75, 3.05) is 25.2 Å². The molecule has 0 spiro atoms. The summed E-state index contributed by atoms with van der Waals surface area (Å²) in [5.41, 5.74) is 1.79. The van der Waals surface area contributed by atoms with Crippen molar-refractivity contribution in [1.82, 2.24) is 0 Å². The van der Waals surface area contributed by atoms with E-state index in [1.165, 1.54) is 0 Å². The van der Waals surface area contributed by atoms with E-state index in [1.54, 1.807) is 12.0 Å². The van der Waals surface area contributed by atoms with Crippen molar-refractivity contribution >= 4 is 17.9 Å². The van der Waals surface area contributed by atoms with Crippen LogP contribution in [-0.4, -0.2) is 32.5 Å². The Morgan fingerprint density at radius 1 is 1.53 bits per heavy atom. The molecule has 0 saturated heterocycles. The molecule has 1 aliphatic heterocycles. The lowest BCUT2D eigenvalue weighted by Crippen LogP contribution is -2.30. The number of benzene rings is 1. The van der Waals surface area contributed by atoms with Crippen LogP contribution < -0.4 is 4.90 Å². The highest BCUT2D eigenvalue weighted by atomic mass is 16.5. The molecule has 0 aliphatic carbocycles. The van der Waals surface area contributed by atoms with E-state index in [-0.39, 0.29) is 11.8 Å². The molecule has 90 valence electrons. The standard InChI is InChI=1S/C13H15NO3/c1-17-7-6-13(16)14-8-10(9-15)11-4-2-3-5-12(11)14/h2-5,9-10H,6-8H2,1H3. The third-order valence-electron chi connectivity index (χ3n) is 2.99. The molecule has 1 heterocycles. The number of hydrogen-bond acceptors (Lipinski definition) is 3. The quantitative estimate of drug-likeness (QED) is 0.737. The number of hydrogen-bond donors (Lipinski definition) is 0. The van der Waals surface area contributed by atoms with Crippen molar-refractivity contribution in [3.05, 3.63) is 29.8 Å². The van der Waals surface area contributed by atoms with Gasteiger partial charge in [0.1, 0.15) is 6.29 Å². The Labute approximate surface area is 100 Å². The van der Waals surface area contributed by atoms with Gasteiger partial charge in [0.2, 0.25) is 5.91 Å². The van der Waals surface area contributed by atoms with Gasteiger partial charge in [-0.05, 0) is 11.6 Å². The molecular formula is C13H15NO3. The van der Waals surface area contributed by atoms with Crippen molar-refractivity contribution in [3.63, 3.8) is 0 Å². The first-order valence-electron chi connectivity index (χ1n) is 5.61. The summed E-state index contributed by atoms with van der Waals surface area (Å²) in [5, 5.41) is 0. The van der Waals surface area contributed by atoms with Gasteiger partial charge in [-0.3, -0.25) is 4.79 Å². The van der Waals surface area contributed by atoms with Crippen LogP contribution in [0.2, 0.25) is 0 Å². The molecule has 0 bridgehead atoms. The molecule has 1 unspecified atom stereocenters. The molecule has 0 N–H and O–H groups in total. The second-order valence-electron chi connectivity index (χ2n) is 4.05. The molecule has 17 heavy (non-hydrogen) atoms. The maximum Gasteiger partial charge on any atom is 0.229 e. The van der Waals surface area contributed by atoms with E-state index in [9.17, 15) is 9.59 Å². The van der Waals surface area contributed by atoms with Gasteiger partial charge in [-0.2, -0.15) is 0 Å². The third kappa shape index (κ3) is 2.22. The zero-order valence-electron chi connectivity index (χ0n) is 9.76. The Bertz CT molecular complexity index is 430. The summed E-state index contributed by atoms with van der Waals surface area (Å²) in [6, 6.07) is 7.54. The average Bonchev–Trinajstić information content (AvgIpc) is 2.75. The summed E-state index contributed by atoms with van der Waals surface area (Å²) in [6.45, 7) is 0.856. The zero-order valence-corrected chi connectivity index (χ0v) is 9.76. The SMILES string of the molecule is COCCC(=O)N1CC(C=O)c2ccccc21. The van der Waals surface area contributed by atoms with Crippen LogP contribution in [0.4, 0.5) is 5.69 Å². The van der Waals surface area contributed by atoms with E-state index in [4.69, 9.17) is 4.74 Å². The molecule has 0 radical (unpaired) electrons. The number of carbonyl (C=O) groups excluding carboxylic acids is 2. The van der Waals surface area contributed by atoms with E-state index < -0.39 is 0 Å². The Hall–Kier alpha value is -1.68. The largest absolute Gasteiger partial charge is 0.384 e. The van der Waals surface area contributed by atoms with Crippen molar-refractivity contribution in [2.45, 2.75) is 12.3 Å². The predicted molar refractivity (Wildman–Crippen MR) is 64.1 cm³/mol. The Morgan fingerprint density at radius 2 is 2.29 bits per heavy atom. The highest BCUT2D eigenvalue weighted by Gasteiger charge is 2.31. The smallest absolute Gasteiger partial charge is 0.229 e. The average molecular weight is 233 g/mol. The van der Waals surface area contributed by atoms with E-state index in [0.29, 0.717) is 19.6 Å². The van der Waals surface area contributed by atoms with Gasteiger partial charge in [0.05, 0.1) is 18.9 Å². The van der Waals surface area contributed by atoms with Gasteiger partial charge >= 0.3 is 0 Å². The molecule has 1 amide bonds. The molecule has 1 aromatic carbocycles. The van der Waals surface area contributed by atoms with Gasteiger partial charge in [0.25, 0.3) is 0 Å². The second-order valence-corrected chi connectivity index (χ2v) is 4.05. The van der Waals surface area contributed by atoms with Gasteiger partial charge in [-0.1, -0.05) is 18.2 Å². The summed E-state index contributed by atoms with van der Waals surface area (Å²) >= 11 is 0. The molecule has 0 saturated carbocycles. The number of rotatable bonds is 4. The van der Waals surface area contributed by atoms with E-state index in [1.807, 2.05) is 24.3 Å². The summed E-state index contributed by atoms with van der Waals surface area (Å²) in [7, 11) is 1.57. The maximum atomic E-state index is 12.0. The molecule has 0 fully saturated rings. The van der Waals surface area contributed by atoms with Gasteiger partial charge < -0.3 is 14.4 Å². The Kier molecular flexibility index (Phi) is 3.54. The number of amides is 1. The summed E-state index contributed by atoms with van der Waals surface area (Å²) < 4.78 is 4.90. The monoisotopic (exact) mass is 233 g/mol. The number of nitrogens with zero attached hydrogens (tertiary/aromatic N) is 1. The number of aldehydes is 1. The van der Waals surface area contributed by atoms with Crippen LogP contribution in [0.3, 0.4) is 0 Å². The van der Waals surface area contributed by atoms with Crippen LogP contribution in [0, 0.1) is 0 Å². The van der Waals surface area contributed by atoms with Crippen LogP contribution in [0.15, 0.2) is 24.3 Å². The highest BCUT2D eigenvalue weighted by Crippen LogP contribution is 2.35. The highest BCUT2D eigenvalue weighted by molar-refractivity contribution is 5.97. The van der Waals surface area contributed by atoms with Crippen LogP contribution in [0.5, 0.6) is 0 Å². The molecule has 1 aromatic rings. The summed E-state index contributed by atoms with van der Waals surface area (Å²) in [5.74, 6) is -0.193. The lowest BCUT2D eigenvalue weighted by molar-refractivity contribution is -0.119. The fourth-order valence-electron chi connectivity index (χ4n) is 2.12. The summed E-state index contributed by atoms with van der Waals surface area (Å²) in [4.78, 5) is 24.6. The minimum Gasteiger partial charge on any atom is -0.384 e. The van der Waals surface area contributed by atoms with Crippen molar-refractivity contribution in [2.24, 2.45) is 0 Å². The number of anilines is 1. The number of ether oxygens (including phenoxy) is 1. The third-order valence-corrected chi connectivity index (χ3v) is 2.99. The fraction of sp³-hybridized carbons (Fsp3) is 0.385. The molecule has 0 aromatic heterocycles. The Balaban J connectivity index is 2.22. The number of methoxy groups -OCH3 is 1. The lowest BCUT2D eigenvalue weighted by atomic mass is 10.0. The van der Waals surface area contributed by atoms with Crippen LogP contribution in [-0.2, 0) is 14.3 Å².